The van der Waals surface area contributed by atoms with Crippen LogP contribution in [0, 0.1) is 0 Å². The van der Waals surface area contributed by atoms with Crippen molar-refractivity contribution in [1.29, 1.82) is 0 Å². The Morgan fingerprint density at radius 3 is 1.69 bits per heavy atom. The molecule has 0 aliphatic heterocycles. The first-order valence-corrected chi connectivity index (χ1v) is 3.92. The second-order valence-electron chi connectivity index (χ2n) is 1.74. The quantitative estimate of drug-likeness (QED) is 0.476. The van der Waals surface area contributed by atoms with E-state index in [1.54, 1.807) is 0 Å². The molecule has 0 saturated carbocycles. The molecule has 0 radical (unpaired) electrons. The molecule has 2 atom stereocenters. The molecule has 0 aromatic rings. The number of carbonyl (C=O) groups is 2. The van der Waals surface area contributed by atoms with Gasteiger partial charge in [0.15, 0.2) is 0 Å². The van der Waals surface area contributed by atoms with Gasteiger partial charge in [0, 0.05) is 0 Å². The molecule has 0 spiro atoms. The van der Waals surface area contributed by atoms with Crippen molar-refractivity contribution in [2.45, 2.75) is 11.4 Å². The predicted molar refractivity (Wildman–Crippen MR) is 33.3 cm³/mol. The van der Waals surface area contributed by atoms with Gasteiger partial charge in [-0.05, 0) is 6.26 Å². The molecule has 13 heavy (non-hydrogen) atoms. The van der Waals surface area contributed by atoms with Gasteiger partial charge in [-0.2, -0.15) is 11.8 Å². The Morgan fingerprint density at radius 1 is 1.23 bits per heavy atom. The second kappa shape index (κ2) is 9.79. The van der Waals surface area contributed by atoms with Crippen LogP contribution in [-0.4, -0.2) is 34.7 Å². The van der Waals surface area contributed by atoms with Crippen molar-refractivity contribution in [3.05, 3.63) is 0 Å². The van der Waals surface area contributed by atoms with Crippen molar-refractivity contribution in [2.24, 2.45) is 0 Å². The van der Waals surface area contributed by atoms with Crippen LogP contribution in [0.2, 0.25) is 0 Å². The fourth-order valence-electron chi connectivity index (χ4n) is 0.478. The van der Waals surface area contributed by atoms with Crippen LogP contribution in [0.25, 0.3) is 0 Å². The number of aliphatic hydroxyl groups excluding tert-OH is 1. The molecule has 0 aliphatic rings. The number of carboxylic acids is 2. The largest absolute Gasteiger partial charge is 1.00 e. The van der Waals surface area contributed by atoms with Gasteiger partial charge < -0.3 is 24.9 Å². The molecule has 8 heteroatoms. The molecule has 0 aliphatic carbocycles. The summed E-state index contributed by atoms with van der Waals surface area (Å²) in [6.07, 6.45) is -0.665. The molecule has 64 valence electrons. The molecule has 0 rings (SSSR count). The molecule has 0 heterocycles. The van der Waals surface area contributed by atoms with E-state index >= 15 is 0 Å². The second-order valence-corrected chi connectivity index (χ2v) is 2.72. The van der Waals surface area contributed by atoms with Crippen LogP contribution in [0.3, 0.4) is 0 Å². The molecule has 1 N–H and O–H groups in total. The molecule has 0 fully saturated rings. The number of thioether (sulfide) groups is 1. The van der Waals surface area contributed by atoms with Crippen molar-refractivity contribution in [3.8, 4) is 0 Å². The number of hydrogen-bond donors (Lipinski definition) is 1. The molecule has 5 nitrogen and oxygen atoms in total. The molecule has 0 amide bonds. The smallest absolute Gasteiger partial charge is 0.549 e. The van der Waals surface area contributed by atoms with Gasteiger partial charge in [0.25, 0.3) is 0 Å². The maximum absolute atomic E-state index is 10.1. The summed E-state index contributed by atoms with van der Waals surface area (Å²) in [5.74, 6) is -3.43. The summed E-state index contributed by atoms with van der Waals surface area (Å²) in [4.78, 5) is 20.0. The summed E-state index contributed by atoms with van der Waals surface area (Å²) in [6, 6.07) is 0. The number of aliphatic carboxylic acids is 2. The third kappa shape index (κ3) is 7.21. The van der Waals surface area contributed by atoms with Gasteiger partial charge in [0.05, 0.1) is 17.2 Å². The topological polar surface area (TPSA) is 100 Å². The van der Waals surface area contributed by atoms with Crippen LogP contribution in [0.1, 0.15) is 0 Å². The zero-order valence-corrected chi connectivity index (χ0v) is 12.5. The first-order valence-electron chi connectivity index (χ1n) is 2.63. The monoisotopic (exact) mass is 224 g/mol. The van der Waals surface area contributed by atoms with E-state index in [4.69, 9.17) is 5.11 Å². The zero-order valence-electron chi connectivity index (χ0n) is 7.64. The van der Waals surface area contributed by atoms with Crippen LogP contribution >= 0.6 is 11.8 Å². The van der Waals surface area contributed by atoms with Crippen molar-refractivity contribution in [3.63, 3.8) is 0 Å². The minimum atomic E-state index is -2.02. The normalized spacial score (nSPS) is 13.1. The first-order chi connectivity index (χ1) is 5.00. The van der Waals surface area contributed by atoms with Gasteiger partial charge in [-0.15, -0.1) is 0 Å². The number of hydrogen-bond acceptors (Lipinski definition) is 6. The summed E-state index contributed by atoms with van der Waals surface area (Å²) in [5, 5.41) is 27.2. The Bertz CT molecular complexity index is 176. The van der Waals surface area contributed by atoms with Crippen LogP contribution in [0.15, 0.2) is 0 Å². The van der Waals surface area contributed by atoms with E-state index in [0.29, 0.717) is 11.8 Å². The van der Waals surface area contributed by atoms with Crippen LogP contribution in [-0.2, 0) is 9.59 Å². The van der Waals surface area contributed by atoms with Gasteiger partial charge in [0.1, 0.15) is 6.10 Å². The van der Waals surface area contributed by atoms with Crippen LogP contribution in [0.4, 0.5) is 0 Å². The van der Waals surface area contributed by atoms with Gasteiger partial charge in [-0.1, -0.05) is 0 Å². The van der Waals surface area contributed by atoms with E-state index in [0.717, 1.165) is 0 Å². The summed E-state index contributed by atoms with van der Waals surface area (Å²) >= 11 is 0.682. The molecule has 0 unspecified atom stereocenters. The predicted octanol–water partition coefficient (Wildman–Crippen LogP) is -9.41. The fraction of sp³-hybridized carbons (Fsp3) is 0.600. The third-order valence-electron chi connectivity index (χ3n) is 1.01. The molecule has 0 saturated heterocycles. The first kappa shape index (κ1) is 19.8. The fourth-order valence-corrected chi connectivity index (χ4v) is 1.04. The van der Waals surface area contributed by atoms with Gasteiger partial charge in [0.2, 0.25) is 0 Å². The SMILES string of the molecule is CS[C@H](C(=O)[O-])[C@H](O)C(=O)[O-].[Na+].[Na+]. The Labute approximate surface area is 124 Å². The van der Waals surface area contributed by atoms with Crippen molar-refractivity contribution in [1.82, 2.24) is 0 Å². The van der Waals surface area contributed by atoms with Crippen molar-refractivity contribution in [2.75, 3.05) is 6.26 Å². The number of aliphatic hydroxyl groups is 1. The third-order valence-corrected chi connectivity index (χ3v) is 1.97. The molecule has 0 aromatic carbocycles. The van der Waals surface area contributed by atoms with E-state index in [1.165, 1.54) is 6.26 Å². The molecular formula is C5H6Na2O5S. The Balaban J connectivity index is -0.000000500. The zero-order chi connectivity index (χ0) is 9.02. The Hall–Kier alpha value is 1.25. The van der Waals surface area contributed by atoms with E-state index < -0.39 is 23.3 Å². The maximum atomic E-state index is 10.1. The van der Waals surface area contributed by atoms with Crippen LogP contribution < -0.4 is 69.3 Å². The standard InChI is InChI=1S/C5H8O5S.2Na/c1-11-3(5(9)10)2(6)4(7)8;;/h2-3,6H,1H3,(H,7,8)(H,9,10);;/q;2*+1/p-2/t2-,3-;;/m0../s1. The van der Waals surface area contributed by atoms with E-state index in [1.807, 2.05) is 0 Å². The Kier molecular flexibility index (Phi) is 14.9. The summed E-state index contributed by atoms with van der Waals surface area (Å²) < 4.78 is 0. The number of carbonyl (C=O) groups excluding carboxylic acids is 2. The van der Waals surface area contributed by atoms with E-state index in [2.05, 4.69) is 0 Å². The summed E-state index contributed by atoms with van der Waals surface area (Å²) in [7, 11) is 0. The van der Waals surface area contributed by atoms with Gasteiger partial charge in [-0.25, -0.2) is 0 Å². The maximum Gasteiger partial charge on any atom is 1.00 e. The summed E-state index contributed by atoms with van der Waals surface area (Å²) in [5.41, 5.74) is 0. The average Bonchev–Trinajstić information content (AvgIpc) is 1.88. The number of rotatable bonds is 4. The Morgan fingerprint density at radius 2 is 1.62 bits per heavy atom. The molecular weight excluding hydrogens is 218 g/mol. The van der Waals surface area contributed by atoms with Crippen molar-refractivity contribution < 1.29 is 84.0 Å². The van der Waals surface area contributed by atoms with Gasteiger partial charge in [-0.3, -0.25) is 0 Å². The number of carboxylic acid groups (broad SMARTS) is 2. The van der Waals surface area contributed by atoms with E-state index in [-0.39, 0.29) is 59.1 Å². The van der Waals surface area contributed by atoms with Crippen molar-refractivity contribution >= 4 is 23.7 Å². The molecule has 0 bridgehead atoms. The molecule has 0 aromatic heterocycles. The van der Waals surface area contributed by atoms with E-state index in [9.17, 15) is 19.8 Å². The minimum Gasteiger partial charge on any atom is -0.549 e. The average molecular weight is 224 g/mol. The minimum absolute atomic E-state index is 0. The van der Waals surface area contributed by atoms with Crippen LogP contribution in [0.5, 0.6) is 0 Å². The van der Waals surface area contributed by atoms with Gasteiger partial charge >= 0.3 is 59.1 Å². The summed E-state index contributed by atoms with van der Waals surface area (Å²) in [6.45, 7) is 0.